The molecule has 168 valence electrons. The second-order valence-electron chi connectivity index (χ2n) is 7.04. The number of methoxy groups -OCH3 is 1. The van der Waals surface area contributed by atoms with Crippen LogP contribution in [0.15, 0.2) is 69.1 Å². The molecule has 1 amide bonds. The van der Waals surface area contributed by atoms with Gasteiger partial charge in [-0.25, -0.2) is 0 Å². The van der Waals surface area contributed by atoms with Crippen molar-refractivity contribution in [2.24, 2.45) is 0 Å². The van der Waals surface area contributed by atoms with Gasteiger partial charge in [0.2, 0.25) is 0 Å². The Kier molecular flexibility index (Phi) is 8.56. The molecular formula is C25H19Br2ClN2O3. The molecule has 5 nitrogen and oxygen atoms in total. The molecule has 0 aliphatic carbocycles. The maximum absolute atomic E-state index is 12.8. The summed E-state index contributed by atoms with van der Waals surface area (Å²) >= 11 is 13.3. The quantitative estimate of drug-likeness (QED) is 0.231. The van der Waals surface area contributed by atoms with E-state index in [-0.39, 0.29) is 5.57 Å². The number of nitrogens with one attached hydrogen (secondary N) is 1. The monoisotopic (exact) mass is 588 g/mol. The molecule has 1 N–H and O–H groups in total. The molecule has 0 saturated carbocycles. The Hall–Kier alpha value is -2.79. The van der Waals surface area contributed by atoms with Crippen LogP contribution in [-0.2, 0) is 11.4 Å². The molecule has 0 fully saturated rings. The number of nitrogens with zero attached hydrogens (tertiary/aromatic N) is 1. The van der Waals surface area contributed by atoms with Crippen molar-refractivity contribution in [3.8, 4) is 17.6 Å². The number of hydrogen-bond donors (Lipinski definition) is 1. The lowest BCUT2D eigenvalue weighted by atomic mass is 10.1. The third-order valence-electron chi connectivity index (χ3n) is 4.58. The summed E-state index contributed by atoms with van der Waals surface area (Å²) in [6.45, 7) is 2.25. The van der Waals surface area contributed by atoms with E-state index in [0.717, 1.165) is 11.1 Å². The third-order valence-corrected chi connectivity index (χ3v) is 6.11. The first-order valence-corrected chi connectivity index (χ1v) is 11.7. The lowest BCUT2D eigenvalue weighted by molar-refractivity contribution is -0.112. The molecule has 33 heavy (non-hydrogen) atoms. The van der Waals surface area contributed by atoms with Gasteiger partial charge in [0, 0.05) is 8.95 Å². The fraction of sp³-hybridized carbons (Fsp3) is 0.120. The van der Waals surface area contributed by atoms with Crippen LogP contribution in [0.5, 0.6) is 11.5 Å². The van der Waals surface area contributed by atoms with E-state index in [0.29, 0.717) is 43.3 Å². The van der Waals surface area contributed by atoms with E-state index in [2.05, 4.69) is 37.2 Å². The average Bonchev–Trinajstić information content (AvgIpc) is 2.79. The number of benzene rings is 3. The van der Waals surface area contributed by atoms with Gasteiger partial charge in [-0.2, -0.15) is 5.26 Å². The van der Waals surface area contributed by atoms with Crippen LogP contribution in [0.3, 0.4) is 0 Å². The molecule has 0 aliphatic rings. The maximum atomic E-state index is 12.8. The highest BCUT2D eigenvalue weighted by Crippen LogP contribution is 2.38. The number of hydrogen-bond acceptors (Lipinski definition) is 4. The molecule has 0 saturated heterocycles. The Morgan fingerprint density at radius 2 is 1.82 bits per heavy atom. The van der Waals surface area contributed by atoms with Gasteiger partial charge in [0.15, 0.2) is 11.5 Å². The second kappa shape index (κ2) is 11.4. The predicted molar refractivity (Wildman–Crippen MR) is 138 cm³/mol. The van der Waals surface area contributed by atoms with Gasteiger partial charge in [0.25, 0.3) is 5.91 Å². The van der Waals surface area contributed by atoms with Crippen LogP contribution in [0, 0.1) is 18.3 Å². The van der Waals surface area contributed by atoms with Crippen LogP contribution < -0.4 is 14.8 Å². The van der Waals surface area contributed by atoms with Crippen molar-refractivity contribution in [2.45, 2.75) is 13.5 Å². The largest absolute Gasteiger partial charge is 0.493 e. The maximum Gasteiger partial charge on any atom is 0.266 e. The van der Waals surface area contributed by atoms with Crippen molar-refractivity contribution in [3.63, 3.8) is 0 Å². The first kappa shape index (κ1) is 24.8. The molecule has 3 aromatic carbocycles. The van der Waals surface area contributed by atoms with Crippen LogP contribution in [-0.4, -0.2) is 13.0 Å². The number of nitriles is 1. The number of halogens is 3. The van der Waals surface area contributed by atoms with Crippen molar-refractivity contribution >= 4 is 61.1 Å². The van der Waals surface area contributed by atoms with Gasteiger partial charge in [-0.05, 0) is 85.8 Å². The lowest BCUT2D eigenvalue weighted by Gasteiger charge is -2.14. The Labute approximate surface area is 214 Å². The Morgan fingerprint density at radius 1 is 1.15 bits per heavy atom. The number of ether oxygens (including phenoxy) is 2. The van der Waals surface area contributed by atoms with Gasteiger partial charge in [0.05, 0.1) is 17.8 Å². The number of carbonyl (C=O) groups excluding carboxylic acids is 1. The van der Waals surface area contributed by atoms with Crippen molar-refractivity contribution in [1.82, 2.24) is 0 Å². The zero-order valence-corrected chi connectivity index (χ0v) is 21.7. The summed E-state index contributed by atoms with van der Waals surface area (Å²) in [7, 11) is 1.50. The molecule has 0 heterocycles. The molecule has 3 rings (SSSR count). The highest BCUT2D eigenvalue weighted by molar-refractivity contribution is 9.11. The molecule has 0 aromatic heterocycles. The summed E-state index contributed by atoms with van der Waals surface area (Å²) in [5.41, 5.74) is 2.96. The van der Waals surface area contributed by atoms with Crippen LogP contribution in [0.2, 0.25) is 5.02 Å². The predicted octanol–water partition coefficient (Wildman–Crippen LogP) is 7.31. The number of amides is 1. The SMILES string of the molecule is COc1cc(/C=C(\C#N)C(=O)Nc2c(Br)cc(C)cc2Br)cc(Cl)c1OCc1ccccc1. The number of aryl methyl sites for hydroxylation is 1. The van der Waals surface area contributed by atoms with Crippen LogP contribution in [0.4, 0.5) is 5.69 Å². The average molecular weight is 591 g/mol. The van der Waals surface area contributed by atoms with Gasteiger partial charge < -0.3 is 14.8 Å². The van der Waals surface area contributed by atoms with Gasteiger partial charge in [0.1, 0.15) is 18.2 Å². The van der Waals surface area contributed by atoms with E-state index in [1.807, 2.05) is 55.5 Å². The normalized spacial score (nSPS) is 11.0. The standard InChI is InChI=1S/C25H19Br2ClN2O3/c1-15-8-19(26)23(20(27)9-15)30-25(31)18(13-29)10-17-11-21(28)24(22(12-17)32-2)33-14-16-6-4-3-5-7-16/h3-12H,14H2,1-2H3,(H,30,31)/b18-10+. The molecule has 0 unspecified atom stereocenters. The van der Waals surface area contributed by atoms with Crippen LogP contribution in [0.1, 0.15) is 16.7 Å². The molecule has 3 aromatic rings. The van der Waals surface area contributed by atoms with Crippen molar-refractivity contribution in [2.75, 3.05) is 12.4 Å². The first-order chi connectivity index (χ1) is 15.8. The summed E-state index contributed by atoms with van der Waals surface area (Å²) in [5.74, 6) is 0.226. The van der Waals surface area contributed by atoms with E-state index >= 15 is 0 Å². The van der Waals surface area contributed by atoms with E-state index in [1.165, 1.54) is 13.2 Å². The summed E-state index contributed by atoms with van der Waals surface area (Å²) in [6, 6.07) is 18.6. The minimum Gasteiger partial charge on any atom is -0.493 e. The molecule has 0 radical (unpaired) electrons. The zero-order valence-electron chi connectivity index (χ0n) is 17.8. The lowest BCUT2D eigenvalue weighted by Crippen LogP contribution is -2.14. The Morgan fingerprint density at radius 3 is 2.42 bits per heavy atom. The van der Waals surface area contributed by atoms with Gasteiger partial charge in [-0.15, -0.1) is 0 Å². The van der Waals surface area contributed by atoms with Crippen molar-refractivity contribution < 1.29 is 14.3 Å². The van der Waals surface area contributed by atoms with Crippen LogP contribution in [0.25, 0.3) is 6.08 Å². The molecule has 8 heteroatoms. The minimum absolute atomic E-state index is 0.0922. The summed E-state index contributed by atoms with van der Waals surface area (Å²) in [6.07, 6.45) is 1.45. The minimum atomic E-state index is -0.553. The summed E-state index contributed by atoms with van der Waals surface area (Å²) in [5, 5.41) is 12.6. The fourth-order valence-electron chi connectivity index (χ4n) is 3.01. The second-order valence-corrected chi connectivity index (χ2v) is 9.15. The Bertz CT molecular complexity index is 1230. The highest BCUT2D eigenvalue weighted by atomic mass is 79.9. The smallest absolute Gasteiger partial charge is 0.266 e. The number of carbonyl (C=O) groups is 1. The molecular weight excluding hydrogens is 572 g/mol. The van der Waals surface area contributed by atoms with E-state index in [4.69, 9.17) is 21.1 Å². The van der Waals surface area contributed by atoms with E-state index in [9.17, 15) is 10.1 Å². The van der Waals surface area contributed by atoms with Gasteiger partial charge in [-0.1, -0.05) is 41.9 Å². The van der Waals surface area contributed by atoms with Gasteiger partial charge >= 0.3 is 0 Å². The van der Waals surface area contributed by atoms with Crippen molar-refractivity contribution in [3.05, 3.63) is 90.8 Å². The summed E-state index contributed by atoms with van der Waals surface area (Å²) < 4.78 is 12.7. The Balaban J connectivity index is 1.85. The fourth-order valence-corrected chi connectivity index (χ4v) is 4.90. The highest BCUT2D eigenvalue weighted by Gasteiger charge is 2.16. The number of anilines is 1. The molecule has 0 bridgehead atoms. The van der Waals surface area contributed by atoms with E-state index in [1.54, 1.807) is 12.1 Å². The zero-order chi connectivity index (χ0) is 24.0. The topological polar surface area (TPSA) is 71.3 Å². The summed E-state index contributed by atoms with van der Waals surface area (Å²) in [4.78, 5) is 12.8. The number of rotatable bonds is 7. The van der Waals surface area contributed by atoms with Gasteiger partial charge in [-0.3, -0.25) is 4.79 Å². The molecule has 0 atom stereocenters. The van der Waals surface area contributed by atoms with E-state index < -0.39 is 5.91 Å². The molecule has 0 aliphatic heterocycles. The first-order valence-electron chi connectivity index (χ1n) is 9.75. The molecule has 0 spiro atoms. The van der Waals surface area contributed by atoms with Crippen molar-refractivity contribution in [1.29, 1.82) is 5.26 Å². The third kappa shape index (κ3) is 6.38. The van der Waals surface area contributed by atoms with Crippen LogP contribution >= 0.6 is 43.5 Å².